The molecule has 1 aromatic rings. The summed E-state index contributed by atoms with van der Waals surface area (Å²) in [6, 6.07) is 6.44. The highest BCUT2D eigenvalue weighted by Crippen LogP contribution is 2.22. The van der Waals surface area contributed by atoms with E-state index in [1.54, 1.807) is 24.3 Å². The zero-order valence-corrected chi connectivity index (χ0v) is 12.3. The predicted octanol–water partition coefficient (Wildman–Crippen LogP) is 0.652. The van der Waals surface area contributed by atoms with Gasteiger partial charge in [0.1, 0.15) is 5.54 Å². The first-order valence-corrected chi connectivity index (χ1v) is 6.73. The molecule has 7 heteroatoms. The largest absolute Gasteiger partial charge is 0.480 e. The van der Waals surface area contributed by atoms with E-state index in [0.717, 1.165) is 4.90 Å². The number of carboxylic acids is 1. The van der Waals surface area contributed by atoms with E-state index in [9.17, 15) is 19.2 Å². The van der Waals surface area contributed by atoms with Crippen molar-refractivity contribution >= 4 is 23.7 Å². The van der Waals surface area contributed by atoms with Gasteiger partial charge in [-0.3, -0.25) is 19.3 Å². The van der Waals surface area contributed by atoms with E-state index < -0.39 is 29.2 Å². The Morgan fingerprint density at radius 2 is 1.64 bits per heavy atom. The van der Waals surface area contributed by atoms with Crippen molar-refractivity contribution < 1.29 is 24.3 Å². The number of nitrogens with zero attached hydrogens (tertiary/aromatic N) is 1. The highest BCUT2D eigenvalue weighted by molar-refractivity contribution is 6.21. The minimum Gasteiger partial charge on any atom is -0.480 e. The zero-order valence-electron chi connectivity index (χ0n) is 12.3. The number of hydrogen-bond donors (Lipinski definition) is 2. The first-order chi connectivity index (χ1) is 10.2. The van der Waals surface area contributed by atoms with Crippen molar-refractivity contribution in [3.8, 4) is 0 Å². The molecule has 22 heavy (non-hydrogen) atoms. The van der Waals surface area contributed by atoms with Gasteiger partial charge in [0.25, 0.3) is 11.8 Å². The summed E-state index contributed by atoms with van der Waals surface area (Å²) in [4.78, 5) is 47.9. The summed E-state index contributed by atoms with van der Waals surface area (Å²) in [6.07, 6.45) is -0.151. The molecule has 0 atom stereocenters. The molecule has 2 N–H and O–H groups in total. The van der Waals surface area contributed by atoms with Gasteiger partial charge in [0.15, 0.2) is 0 Å². The van der Waals surface area contributed by atoms with Crippen molar-refractivity contribution in [3.05, 3.63) is 35.4 Å². The molecule has 7 nitrogen and oxygen atoms in total. The molecule has 0 saturated carbocycles. The van der Waals surface area contributed by atoms with Crippen LogP contribution in [-0.4, -0.2) is 45.8 Å². The first kappa shape index (κ1) is 15.7. The lowest BCUT2D eigenvalue weighted by molar-refractivity contribution is -0.146. The molecular weight excluding hydrogens is 288 g/mol. The molecule has 0 aliphatic carbocycles. The molecule has 1 aliphatic rings. The van der Waals surface area contributed by atoms with Crippen molar-refractivity contribution in [1.82, 2.24) is 10.2 Å². The average molecular weight is 304 g/mol. The maximum Gasteiger partial charge on any atom is 0.328 e. The van der Waals surface area contributed by atoms with Crippen LogP contribution in [0.2, 0.25) is 0 Å². The SMILES string of the molecule is CC(C)(NC(=O)CCN1C(=O)c2ccccc2C1=O)C(=O)O. The normalized spacial score (nSPS) is 14.0. The summed E-state index contributed by atoms with van der Waals surface area (Å²) < 4.78 is 0. The number of amides is 3. The third-order valence-electron chi connectivity index (χ3n) is 3.43. The smallest absolute Gasteiger partial charge is 0.328 e. The van der Waals surface area contributed by atoms with Crippen molar-refractivity contribution in [2.45, 2.75) is 25.8 Å². The Labute approximate surface area is 126 Å². The monoisotopic (exact) mass is 304 g/mol. The number of carboxylic acid groups (broad SMARTS) is 1. The first-order valence-electron chi connectivity index (χ1n) is 6.73. The fraction of sp³-hybridized carbons (Fsp3) is 0.333. The number of imide groups is 1. The van der Waals surface area contributed by atoms with Gasteiger partial charge in [0, 0.05) is 13.0 Å². The third kappa shape index (κ3) is 2.83. The Hall–Kier alpha value is -2.70. The fourth-order valence-electron chi connectivity index (χ4n) is 2.12. The molecule has 1 aliphatic heterocycles. The second kappa shape index (κ2) is 5.59. The maximum absolute atomic E-state index is 12.1. The summed E-state index contributed by atoms with van der Waals surface area (Å²) >= 11 is 0. The number of benzene rings is 1. The quantitative estimate of drug-likeness (QED) is 0.777. The van der Waals surface area contributed by atoms with Gasteiger partial charge < -0.3 is 10.4 Å². The summed E-state index contributed by atoms with van der Waals surface area (Å²) in [5.41, 5.74) is -0.767. The number of hydrogen-bond acceptors (Lipinski definition) is 4. The van der Waals surface area contributed by atoms with Crippen molar-refractivity contribution in [3.63, 3.8) is 0 Å². The molecule has 1 heterocycles. The van der Waals surface area contributed by atoms with Gasteiger partial charge in [0.2, 0.25) is 5.91 Å². The van der Waals surface area contributed by atoms with Crippen LogP contribution in [0.5, 0.6) is 0 Å². The van der Waals surface area contributed by atoms with Gasteiger partial charge in [-0.25, -0.2) is 4.79 Å². The molecule has 0 fully saturated rings. The second-order valence-corrected chi connectivity index (χ2v) is 5.54. The van der Waals surface area contributed by atoms with Crippen LogP contribution in [0.4, 0.5) is 0 Å². The molecule has 0 saturated heterocycles. The van der Waals surface area contributed by atoms with E-state index in [2.05, 4.69) is 5.32 Å². The Bertz CT molecular complexity index is 631. The van der Waals surface area contributed by atoms with Crippen LogP contribution in [0, 0.1) is 0 Å². The number of carbonyl (C=O) groups excluding carboxylic acids is 3. The Morgan fingerprint density at radius 1 is 1.14 bits per heavy atom. The van der Waals surface area contributed by atoms with Crippen LogP contribution in [-0.2, 0) is 9.59 Å². The van der Waals surface area contributed by atoms with Gasteiger partial charge in [-0.1, -0.05) is 12.1 Å². The highest BCUT2D eigenvalue weighted by Gasteiger charge is 2.35. The van der Waals surface area contributed by atoms with E-state index >= 15 is 0 Å². The molecule has 0 unspecified atom stereocenters. The number of carbonyl (C=O) groups is 4. The van der Waals surface area contributed by atoms with Gasteiger partial charge >= 0.3 is 5.97 Å². The number of nitrogens with one attached hydrogen (secondary N) is 1. The Morgan fingerprint density at radius 3 is 2.09 bits per heavy atom. The summed E-state index contributed by atoms with van der Waals surface area (Å²) in [6.45, 7) is 2.62. The molecule has 116 valence electrons. The molecule has 0 aromatic heterocycles. The topological polar surface area (TPSA) is 104 Å². The number of aliphatic carboxylic acids is 1. The zero-order chi connectivity index (χ0) is 16.5. The van der Waals surface area contributed by atoms with Crippen molar-refractivity contribution in [2.24, 2.45) is 0 Å². The second-order valence-electron chi connectivity index (χ2n) is 5.54. The van der Waals surface area contributed by atoms with Gasteiger partial charge in [0.05, 0.1) is 11.1 Å². The number of rotatable bonds is 5. The van der Waals surface area contributed by atoms with Gasteiger partial charge in [-0.05, 0) is 26.0 Å². The van der Waals surface area contributed by atoms with Crippen LogP contribution in [0.25, 0.3) is 0 Å². The third-order valence-corrected chi connectivity index (χ3v) is 3.43. The predicted molar refractivity (Wildman–Crippen MR) is 76.3 cm³/mol. The summed E-state index contributed by atoms with van der Waals surface area (Å²) in [5, 5.41) is 11.3. The van der Waals surface area contributed by atoms with Crippen LogP contribution < -0.4 is 5.32 Å². The van der Waals surface area contributed by atoms with Gasteiger partial charge in [-0.2, -0.15) is 0 Å². The molecular formula is C15H16N2O5. The minimum absolute atomic E-state index is 0.0894. The molecule has 2 rings (SSSR count). The Kier molecular flexibility index (Phi) is 3.99. The molecule has 0 spiro atoms. The molecule has 0 radical (unpaired) electrons. The van der Waals surface area contributed by atoms with Crippen molar-refractivity contribution in [1.29, 1.82) is 0 Å². The maximum atomic E-state index is 12.1. The molecule has 0 bridgehead atoms. The van der Waals surface area contributed by atoms with Crippen molar-refractivity contribution in [2.75, 3.05) is 6.54 Å². The lowest BCUT2D eigenvalue weighted by atomic mass is 10.1. The highest BCUT2D eigenvalue weighted by atomic mass is 16.4. The Balaban J connectivity index is 1.99. The van der Waals surface area contributed by atoms with E-state index in [0.29, 0.717) is 11.1 Å². The number of fused-ring (bicyclic) bond motifs is 1. The molecule has 3 amide bonds. The summed E-state index contributed by atoms with van der Waals surface area (Å²) in [5.74, 6) is -2.58. The van der Waals surface area contributed by atoms with E-state index in [-0.39, 0.29) is 13.0 Å². The standard InChI is InChI=1S/C15H16N2O5/c1-15(2,14(21)22)16-11(18)7-8-17-12(19)9-5-3-4-6-10(9)13(17)20/h3-6H,7-8H2,1-2H3,(H,16,18)(H,21,22). The van der Waals surface area contributed by atoms with Crippen LogP contribution in [0.3, 0.4) is 0 Å². The van der Waals surface area contributed by atoms with E-state index in [1.165, 1.54) is 13.8 Å². The fourth-order valence-corrected chi connectivity index (χ4v) is 2.12. The van der Waals surface area contributed by atoms with E-state index in [1.807, 2.05) is 0 Å². The van der Waals surface area contributed by atoms with Crippen LogP contribution >= 0.6 is 0 Å². The molecule has 1 aromatic carbocycles. The lowest BCUT2D eigenvalue weighted by Gasteiger charge is -2.21. The van der Waals surface area contributed by atoms with E-state index in [4.69, 9.17) is 5.11 Å². The van der Waals surface area contributed by atoms with Crippen LogP contribution in [0.15, 0.2) is 24.3 Å². The van der Waals surface area contributed by atoms with Crippen LogP contribution in [0.1, 0.15) is 41.0 Å². The summed E-state index contributed by atoms with van der Waals surface area (Å²) in [7, 11) is 0. The minimum atomic E-state index is -1.40. The van der Waals surface area contributed by atoms with Gasteiger partial charge in [-0.15, -0.1) is 0 Å². The average Bonchev–Trinajstić information content (AvgIpc) is 2.69. The lowest BCUT2D eigenvalue weighted by Crippen LogP contribution is -2.50.